The molecule has 4 atom stereocenters. The molecular weight excluding hydrogens is 389 g/mol. The molecule has 9 heteroatoms. The van der Waals surface area contributed by atoms with Crippen molar-refractivity contribution in [1.29, 1.82) is 0 Å². The van der Waals surface area contributed by atoms with Crippen LogP contribution < -0.4 is 5.73 Å². The van der Waals surface area contributed by atoms with Crippen LogP contribution in [0.3, 0.4) is 0 Å². The Hall–Kier alpha value is -1.64. The number of carbonyl (C=O) groups excluding carboxylic acids is 1. The first-order chi connectivity index (χ1) is 13.4. The van der Waals surface area contributed by atoms with Gasteiger partial charge in [0.05, 0.1) is 12.5 Å². The molecule has 0 unspecified atom stereocenters. The van der Waals surface area contributed by atoms with Gasteiger partial charge >= 0.3 is 5.97 Å². The van der Waals surface area contributed by atoms with Gasteiger partial charge in [-0.1, -0.05) is 39.2 Å². The van der Waals surface area contributed by atoms with Crippen molar-refractivity contribution in [1.82, 2.24) is 4.90 Å². The van der Waals surface area contributed by atoms with Gasteiger partial charge in [0, 0.05) is 12.6 Å². The molecule has 2 aliphatic rings. The number of hydrogen-bond acceptors (Lipinski definition) is 7. The van der Waals surface area contributed by atoms with Crippen molar-refractivity contribution in [3.8, 4) is 0 Å². The molecule has 7 nitrogen and oxygen atoms in total. The second-order valence-electron chi connectivity index (χ2n) is 7.06. The second-order valence-corrected chi connectivity index (χ2v) is 7.33. The molecule has 3 N–H and O–H groups in total. The lowest BCUT2D eigenvalue weighted by Crippen LogP contribution is -2.49. The minimum Gasteiger partial charge on any atom is -0.456 e. The number of aliphatic imine (C=N–C) groups is 1. The van der Waals surface area contributed by atoms with Crippen LogP contribution in [-0.2, 0) is 14.3 Å². The first-order valence-electron chi connectivity index (χ1n) is 9.56. The predicted molar refractivity (Wildman–Crippen MR) is 105 cm³/mol. The third-order valence-corrected chi connectivity index (χ3v) is 5.36. The van der Waals surface area contributed by atoms with Crippen LogP contribution in [0.1, 0.15) is 45.4 Å². The molecule has 0 bridgehead atoms. The van der Waals surface area contributed by atoms with Crippen molar-refractivity contribution in [2.45, 2.75) is 69.6 Å². The number of ether oxygens (including phenoxy) is 2. The molecule has 1 saturated heterocycles. The molecule has 0 aromatic heterocycles. The number of aliphatic hydroxyl groups is 1. The molecule has 28 heavy (non-hydrogen) atoms. The van der Waals surface area contributed by atoms with Gasteiger partial charge in [-0.3, -0.25) is 4.79 Å². The highest BCUT2D eigenvalue weighted by atomic mass is 35.5. The van der Waals surface area contributed by atoms with E-state index in [0.717, 1.165) is 25.7 Å². The molecule has 0 spiro atoms. The van der Waals surface area contributed by atoms with E-state index >= 15 is 4.39 Å². The standard InChI is InChI=1S/C19H29ClFN3O4/c1-3-4-5-6-7-8-15(26)27-17-16(21)18(28-19(17,11-20)12-25)24-10-9-14(22)23-13(24)2/h9-10,16-18,25H,2-8,11-12H2,1H3,(H2,22,23)/t16-,17+,18-,19-/m1/s1. The highest BCUT2D eigenvalue weighted by molar-refractivity contribution is 6.18. The number of esters is 1. The van der Waals surface area contributed by atoms with Crippen molar-refractivity contribution in [2.24, 2.45) is 10.7 Å². The fourth-order valence-electron chi connectivity index (χ4n) is 3.26. The number of alkyl halides is 2. The smallest absolute Gasteiger partial charge is 0.306 e. The van der Waals surface area contributed by atoms with Crippen LogP contribution in [0, 0.1) is 0 Å². The van der Waals surface area contributed by atoms with Crippen LogP contribution in [0.5, 0.6) is 0 Å². The lowest BCUT2D eigenvalue weighted by molar-refractivity contribution is -0.165. The Bertz CT molecular complexity index is 624. The van der Waals surface area contributed by atoms with Gasteiger partial charge in [-0.15, -0.1) is 11.6 Å². The highest BCUT2D eigenvalue weighted by Gasteiger charge is 2.59. The van der Waals surface area contributed by atoms with Crippen LogP contribution in [0.4, 0.5) is 4.39 Å². The van der Waals surface area contributed by atoms with E-state index in [0.29, 0.717) is 6.42 Å². The summed E-state index contributed by atoms with van der Waals surface area (Å²) in [5.41, 5.74) is 4.06. The summed E-state index contributed by atoms with van der Waals surface area (Å²) < 4.78 is 26.4. The van der Waals surface area contributed by atoms with Gasteiger partial charge in [0.2, 0.25) is 0 Å². The molecule has 0 aromatic rings. The van der Waals surface area contributed by atoms with E-state index in [1.165, 1.54) is 17.2 Å². The average Bonchev–Trinajstić information content (AvgIpc) is 2.94. The van der Waals surface area contributed by atoms with Crippen molar-refractivity contribution in [3.63, 3.8) is 0 Å². The molecule has 0 saturated carbocycles. The van der Waals surface area contributed by atoms with E-state index in [1.807, 2.05) is 0 Å². The highest BCUT2D eigenvalue weighted by Crippen LogP contribution is 2.39. The van der Waals surface area contributed by atoms with Crippen LogP contribution in [0.15, 0.2) is 29.7 Å². The zero-order valence-corrected chi connectivity index (χ0v) is 16.9. The number of unbranched alkanes of at least 4 members (excludes halogenated alkanes) is 4. The minimum absolute atomic E-state index is 0.178. The Balaban J connectivity index is 2.06. The number of amidine groups is 1. The van der Waals surface area contributed by atoms with Gasteiger partial charge < -0.3 is 25.2 Å². The normalized spacial score (nSPS) is 29.9. The first kappa shape index (κ1) is 22.6. The fourth-order valence-corrected chi connectivity index (χ4v) is 3.56. The van der Waals surface area contributed by atoms with Crippen LogP contribution in [0.25, 0.3) is 0 Å². The van der Waals surface area contributed by atoms with Gasteiger partial charge in [-0.05, 0) is 12.5 Å². The molecule has 0 aromatic carbocycles. The Labute approximate surface area is 170 Å². The molecule has 0 radical (unpaired) electrons. The van der Waals surface area contributed by atoms with Crippen molar-refractivity contribution in [3.05, 3.63) is 24.7 Å². The van der Waals surface area contributed by atoms with Crippen molar-refractivity contribution >= 4 is 23.4 Å². The average molecular weight is 418 g/mol. The Kier molecular flexibility index (Phi) is 8.27. The molecule has 1 fully saturated rings. The number of nitrogens with zero attached hydrogens (tertiary/aromatic N) is 2. The molecule has 2 aliphatic heterocycles. The third kappa shape index (κ3) is 5.04. The topological polar surface area (TPSA) is 97.4 Å². The minimum atomic E-state index is -1.76. The van der Waals surface area contributed by atoms with Crippen LogP contribution in [0.2, 0.25) is 0 Å². The summed E-state index contributed by atoms with van der Waals surface area (Å²) in [4.78, 5) is 17.6. The first-order valence-corrected chi connectivity index (χ1v) is 10.1. The van der Waals surface area contributed by atoms with Gasteiger partial charge in [0.1, 0.15) is 17.3 Å². The molecule has 2 rings (SSSR count). The summed E-state index contributed by atoms with van der Waals surface area (Å²) in [7, 11) is 0. The summed E-state index contributed by atoms with van der Waals surface area (Å²) in [6, 6.07) is 0. The summed E-state index contributed by atoms with van der Waals surface area (Å²) in [6.45, 7) is 5.24. The Morgan fingerprint density at radius 3 is 2.82 bits per heavy atom. The number of nitrogens with two attached hydrogens (primary N) is 1. The lowest BCUT2D eigenvalue weighted by Gasteiger charge is -2.31. The molecule has 0 amide bonds. The zero-order valence-electron chi connectivity index (χ0n) is 16.2. The van der Waals surface area contributed by atoms with E-state index in [9.17, 15) is 9.90 Å². The molecule has 2 heterocycles. The maximum Gasteiger partial charge on any atom is 0.306 e. The Morgan fingerprint density at radius 1 is 1.50 bits per heavy atom. The Morgan fingerprint density at radius 2 is 2.21 bits per heavy atom. The van der Waals surface area contributed by atoms with Gasteiger partial charge in [0.25, 0.3) is 0 Å². The summed E-state index contributed by atoms with van der Waals surface area (Å²) in [5, 5.41) is 9.84. The SMILES string of the molecule is C=C1N=C(N)C=CN1[C@@H]1O[C@@](CO)(CCl)[C@@H](OC(=O)CCCCCCC)[C@H]1F. The van der Waals surface area contributed by atoms with E-state index in [4.69, 9.17) is 26.8 Å². The molecule has 0 aliphatic carbocycles. The van der Waals surface area contributed by atoms with E-state index < -0.39 is 36.7 Å². The number of hydrogen-bond donors (Lipinski definition) is 2. The number of aliphatic hydroxyl groups excluding tert-OH is 1. The number of halogens is 2. The van der Waals surface area contributed by atoms with E-state index in [2.05, 4.69) is 18.5 Å². The zero-order chi connectivity index (χ0) is 20.7. The summed E-state index contributed by atoms with van der Waals surface area (Å²) in [6.07, 6.45) is 3.67. The van der Waals surface area contributed by atoms with Crippen LogP contribution in [-0.4, -0.2) is 58.4 Å². The van der Waals surface area contributed by atoms with Crippen LogP contribution >= 0.6 is 11.6 Å². The van der Waals surface area contributed by atoms with E-state index in [1.54, 1.807) is 0 Å². The fraction of sp³-hybridized carbons (Fsp3) is 0.684. The predicted octanol–water partition coefficient (Wildman–Crippen LogP) is 2.58. The lowest BCUT2D eigenvalue weighted by atomic mass is 9.98. The quantitative estimate of drug-likeness (QED) is 0.322. The summed E-state index contributed by atoms with van der Waals surface area (Å²) >= 11 is 5.98. The third-order valence-electron chi connectivity index (χ3n) is 4.91. The maximum atomic E-state index is 15.3. The molecular formula is C19H29ClFN3O4. The van der Waals surface area contributed by atoms with Gasteiger partial charge in [0.15, 0.2) is 18.5 Å². The van der Waals surface area contributed by atoms with Gasteiger partial charge in [-0.25, -0.2) is 9.38 Å². The second kappa shape index (κ2) is 10.2. The molecule has 158 valence electrons. The monoisotopic (exact) mass is 417 g/mol. The van der Waals surface area contributed by atoms with Crippen molar-refractivity contribution < 1.29 is 23.8 Å². The summed E-state index contributed by atoms with van der Waals surface area (Å²) in [5.74, 6) is -0.375. The number of carbonyl (C=O) groups is 1. The largest absolute Gasteiger partial charge is 0.456 e. The van der Waals surface area contributed by atoms with E-state index in [-0.39, 0.29) is 24.0 Å². The number of rotatable bonds is 10. The van der Waals surface area contributed by atoms with Crippen molar-refractivity contribution in [2.75, 3.05) is 12.5 Å². The maximum absolute atomic E-state index is 15.3. The van der Waals surface area contributed by atoms with Gasteiger partial charge in [-0.2, -0.15) is 0 Å².